The van der Waals surface area contributed by atoms with Crippen LogP contribution in [-0.2, 0) is 19.1 Å². The van der Waals surface area contributed by atoms with E-state index in [4.69, 9.17) is 14.2 Å². The van der Waals surface area contributed by atoms with Gasteiger partial charge in [-0.2, -0.15) is 0 Å². The van der Waals surface area contributed by atoms with Crippen molar-refractivity contribution in [3.8, 4) is 5.75 Å². The van der Waals surface area contributed by atoms with Crippen molar-refractivity contribution in [1.29, 1.82) is 0 Å². The highest BCUT2D eigenvalue weighted by molar-refractivity contribution is 6.15. The lowest BCUT2D eigenvalue weighted by atomic mass is 9.86. The van der Waals surface area contributed by atoms with Crippen molar-refractivity contribution in [2.75, 3.05) is 11.9 Å². The minimum Gasteiger partial charge on any atom is -0.487 e. The molecule has 1 N–H and O–H groups in total. The molecule has 140 valence electrons. The van der Waals surface area contributed by atoms with Crippen LogP contribution in [0.3, 0.4) is 0 Å². The maximum Gasteiger partial charge on any atom is 0.350 e. The smallest absolute Gasteiger partial charge is 0.350 e. The molecule has 1 saturated carbocycles. The van der Waals surface area contributed by atoms with Gasteiger partial charge in [0.2, 0.25) is 0 Å². The van der Waals surface area contributed by atoms with Gasteiger partial charge in [-0.15, -0.1) is 0 Å². The fraction of sp³-hybridized carbons (Fsp3) is 0.444. The number of carbonyl (C=O) groups excluding carboxylic acids is 2. The number of carbonyl (C=O) groups is 2. The molecule has 26 heavy (non-hydrogen) atoms. The quantitative estimate of drug-likeness (QED) is 0.489. The molecule has 2 fully saturated rings. The number of rotatable bonds is 5. The van der Waals surface area contributed by atoms with E-state index in [1.54, 1.807) is 0 Å². The fourth-order valence-corrected chi connectivity index (χ4v) is 2.58. The molecule has 1 aromatic rings. The third-order valence-corrected chi connectivity index (χ3v) is 4.19. The Morgan fingerprint density at radius 1 is 1.19 bits per heavy atom. The molecule has 3 rings (SSSR count). The predicted octanol–water partition coefficient (Wildman–Crippen LogP) is 3.28. The molecule has 1 aliphatic carbocycles. The molecule has 0 amide bonds. The average Bonchev–Trinajstić information content (AvgIpc) is 2.46. The molecular formula is C18H19F2NO5. The SMILES string of the molecule is CC1(C)OC(=O)C(=CNc2cc(F)c(OCC3CCC3)c(F)c2)C(=O)O1. The zero-order chi connectivity index (χ0) is 18.9. The molecule has 0 aromatic heterocycles. The predicted molar refractivity (Wildman–Crippen MR) is 87.2 cm³/mol. The molecule has 2 aliphatic rings. The number of nitrogens with one attached hydrogen (secondary N) is 1. The first-order valence-electron chi connectivity index (χ1n) is 8.30. The number of hydrogen-bond acceptors (Lipinski definition) is 6. The maximum absolute atomic E-state index is 14.1. The number of cyclic esters (lactones) is 2. The van der Waals surface area contributed by atoms with Gasteiger partial charge in [-0.05, 0) is 18.8 Å². The second kappa shape index (κ2) is 6.93. The fourth-order valence-electron chi connectivity index (χ4n) is 2.58. The van der Waals surface area contributed by atoms with Gasteiger partial charge < -0.3 is 19.5 Å². The number of ether oxygens (including phenoxy) is 3. The van der Waals surface area contributed by atoms with E-state index in [9.17, 15) is 18.4 Å². The van der Waals surface area contributed by atoms with Crippen LogP contribution in [0.2, 0.25) is 0 Å². The van der Waals surface area contributed by atoms with E-state index in [1.807, 2.05) is 0 Å². The van der Waals surface area contributed by atoms with Crippen LogP contribution < -0.4 is 10.1 Å². The van der Waals surface area contributed by atoms with Crippen LogP contribution in [0.4, 0.5) is 14.5 Å². The summed E-state index contributed by atoms with van der Waals surface area (Å²) in [4.78, 5) is 23.6. The molecule has 1 saturated heterocycles. The van der Waals surface area contributed by atoms with Gasteiger partial charge in [0, 0.05) is 37.9 Å². The van der Waals surface area contributed by atoms with Gasteiger partial charge in [0.15, 0.2) is 23.0 Å². The van der Waals surface area contributed by atoms with Gasteiger partial charge in [0.1, 0.15) is 0 Å². The van der Waals surface area contributed by atoms with Gasteiger partial charge in [-0.1, -0.05) is 6.42 Å². The highest BCUT2D eigenvalue weighted by Gasteiger charge is 2.39. The van der Waals surface area contributed by atoms with E-state index in [1.165, 1.54) is 13.8 Å². The Balaban J connectivity index is 1.70. The molecule has 6 nitrogen and oxygen atoms in total. The summed E-state index contributed by atoms with van der Waals surface area (Å²) in [5.74, 6) is -4.98. The average molecular weight is 367 g/mol. The normalized spacial score (nSPS) is 19.3. The summed E-state index contributed by atoms with van der Waals surface area (Å²) in [7, 11) is 0. The highest BCUT2D eigenvalue weighted by atomic mass is 19.1. The van der Waals surface area contributed by atoms with Crippen LogP contribution in [0, 0.1) is 17.6 Å². The summed E-state index contributed by atoms with van der Waals surface area (Å²) in [6.07, 6.45) is 4.10. The Kier molecular flexibility index (Phi) is 4.84. The summed E-state index contributed by atoms with van der Waals surface area (Å²) in [5, 5.41) is 2.50. The standard InChI is InChI=1S/C18H19F2NO5/c1-18(2)25-16(22)12(17(23)26-18)8-21-11-6-13(19)15(14(20)7-11)24-9-10-4-3-5-10/h6-8,10,21H,3-5,9H2,1-2H3. The summed E-state index contributed by atoms with van der Waals surface area (Å²) < 4.78 is 43.3. The largest absolute Gasteiger partial charge is 0.487 e. The summed E-state index contributed by atoms with van der Waals surface area (Å²) in [5.41, 5.74) is -0.399. The lowest BCUT2D eigenvalue weighted by molar-refractivity contribution is -0.222. The number of halogens is 2. The number of anilines is 1. The third-order valence-electron chi connectivity index (χ3n) is 4.19. The number of benzene rings is 1. The van der Waals surface area contributed by atoms with E-state index in [0.717, 1.165) is 37.6 Å². The van der Waals surface area contributed by atoms with E-state index >= 15 is 0 Å². The zero-order valence-corrected chi connectivity index (χ0v) is 14.4. The Labute approximate surface area is 149 Å². The first-order valence-corrected chi connectivity index (χ1v) is 8.30. The van der Waals surface area contributed by atoms with E-state index in [0.29, 0.717) is 5.92 Å². The molecule has 0 bridgehead atoms. The van der Waals surface area contributed by atoms with Crippen molar-refractivity contribution < 1.29 is 32.6 Å². The summed E-state index contributed by atoms with van der Waals surface area (Å²) in [6.45, 7) is 3.11. The van der Waals surface area contributed by atoms with Crippen LogP contribution in [-0.4, -0.2) is 24.3 Å². The van der Waals surface area contributed by atoms with Crippen molar-refractivity contribution in [3.63, 3.8) is 0 Å². The Bertz CT molecular complexity index is 726. The molecule has 1 aromatic carbocycles. The second-order valence-electron chi connectivity index (χ2n) is 6.76. The van der Waals surface area contributed by atoms with Gasteiger partial charge in [0.25, 0.3) is 5.79 Å². The van der Waals surface area contributed by atoms with Crippen LogP contribution in [0.5, 0.6) is 5.75 Å². The third kappa shape index (κ3) is 3.95. The van der Waals surface area contributed by atoms with Gasteiger partial charge >= 0.3 is 11.9 Å². The molecule has 1 heterocycles. The molecule has 1 aliphatic heterocycles. The second-order valence-corrected chi connectivity index (χ2v) is 6.76. The first-order chi connectivity index (χ1) is 12.2. The molecular weight excluding hydrogens is 348 g/mol. The van der Waals surface area contributed by atoms with E-state index in [2.05, 4.69) is 5.32 Å². The van der Waals surface area contributed by atoms with Gasteiger partial charge in [0.05, 0.1) is 6.61 Å². The Hall–Kier alpha value is -2.64. The van der Waals surface area contributed by atoms with Crippen molar-refractivity contribution >= 4 is 17.6 Å². The monoisotopic (exact) mass is 367 g/mol. The highest BCUT2D eigenvalue weighted by Crippen LogP contribution is 2.30. The van der Waals surface area contributed by atoms with Crippen molar-refractivity contribution in [3.05, 3.63) is 35.5 Å². The molecule has 0 atom stereocenters. The summed E-state index contributed by atoms with van der Waals surface area (Å²) in [6, 6.07) is 2.03. The number of hydrogen-bond donors (Lipinski definition) is 1. The zero-order valence-electron chi connectivity index (χ0n) is 14.4. The maximum atomic E-state index is 14.1. The first kappa shape index (κ1) is 18.2. The molecule has 8 heteroatoms. The lowest BCUT2D eigenvalue weighted by Crippen LogP contribution is -2.42. The van der Waals surface area contributed by atoms with Crippen molar-refractivity contribution in [2.45, 2.75) is 38.9 Å². The minimum atomic E-state index is -1.36. The van der Waals surface area contributed by atoms with Gasteiger partial charge in [-0.3, -0.25) is 0 Å². The van der Waals surface area contributed by atoms with Crippen LogP contribution in [0.25, 0.3) is 0 Å². The van der Waals surface area contributed by atoms with E-state index in [-0.39, 0.29) is 12.3 Å². The molecule has 0 spiro atoms. The van der Waals surface area contributed by atoms with Crippen LogP contribution in [0.15, 0.2) is 23.9 Å². The topological polar surface area (TPSA) is 73.9 Å². The van der Waals surface area contributed by atoms with Crippen LogP contribution >= 0.6 is 0 Å². The minimum absolute atomic E-state index is 0.00827. The Morgan fingerprint density at radius 2 is 1.77 bits per heavy atom. The summed E-state index contributed by atoms with van der Waals surface area (Å²) >= 11 is 0. The lowest BCUT2D eigenvalue weighted by Gasteiger charge is -2.29. The van der Waals surface area contributed by atoms with Crippen molar-refractivity contribution in [1.82, 2.24) is 0 Å². The number of esters is 2. The van der Waals surface area contributed by atoms with E-state index < -0.39 is 40.7 Å². The Morgan fingerprint density at radius 3 is 2.27 bits per heavy atom. The van der Waals surface area contributed by atoms with Crippen molar-refractivity contribution in [2.24, 2.45) is 5.92 Å². The molecule has 0 radical (unpaired) electrons. The van der Waals surface area contributed by atoms with Crippen LogP contribution in [0.1, 0.15) is 33.1 Å². The van der Waals surface area contributed by atoms with Gasteiger partial charge in [-0.25, -0.2) is 18.4 Å². The molecule has 0 unspecified atom stereocenters.